The first-order valence-electron chi connectivity index (χ1n) is 4.32. The van der Waals surface area contributed by atoms with Crippen molar-refractivity contribution in [2.45, 2.75) is 18.9 Å². The Kier molecular flexibility index (Phi) is 3.86. The van der Waals surface area contributed by atoms with Gasteiger partial charge in [0.05, 0.1) is 0 Å². The van der Waals surface area contributed by atoms with E-state index in [-0.39, 0.29) is 12.4 Å². The fourth-order valence-electron chi connectivity index (χ4n) is 1.23. The van der Waals surface area contributed by atoms with Crippen LogP contribution in [0.1, 0.15) is 18.9 Å². The quantitative estimate of drug-likeness (QED) is 0.839. The van der Waals surface area contributed by atoms with E-state index in [2.05, 4.69) is 0 Å². The van der Waals surface area contributed by atoms with Gasteiger partial charge in [-0.25, -0.2) is 4.39 Å². The minimum absolute atomic E-state index is 0.0287. The molecule has 1 aromatic carbocycles. The summed E-state index contributed by atoms with van der Waals surface area (Å²) in [6.07, 6.45) is 0.467. The van der Waals surface area contributed by atoms with Gasteiger partial charge in [-0.2, -0.15) is 0 Å². The van der Waals surface area contributed by atoms with E-state index in [4.69, 9.17) is 10.8 Å². The first-order valence-corrected chi connectivity index (χ1v) is 5.40. The van der Waals surface area contributed by atoms with Gasteiger partial charge in [-0.05, 0) is 53.6 Å². The highest BCUT2D eigenvalue weighted by molar-refractivity contribution is 14.1. The van der Waals surface area contributed by atoms with Gasteiger partial charge in [0.25, 0.3) is 0 Å². The molecule has 0 radical (unpaired) electrons. The van der Waals surface area contributed by atoms with Crippen LogP contribution in [-0.4, -0.2) is 11.7 Å². The molecule has 0 aliphatic carbocycles. The molecule has 0 amide bonds. The molecule has 0 saturated carbocycles. The van der Waals surface area contributed by atoms with Gasteiger partial charge in [-0.1, -0.05) is 6.07 Å². The Labute approximate surface area is 96.5 Å². The molecule has 0 bridgehead atoms. The molecule has 0 fully saturated rings. The fraction of sp³-hybridized carbons (Fsp3) is 0.400. The molecule has 4 heteroatoms. The molecule has 78 valence electrons. The van der Waals surface area contributed by atoms with E-state index in [0.29, 0.717) is 9.99 Å². The van der Waals surface area contributed by atoms with Crippen LogP contribution in [0.15, 0.2) is 18.2 Å². The Morgan fingerprint density at radius 1 is 1.57 bits per heavy atom. The molecule has 0 aliphatic heterocycles. The van der Waals surface area contributed by atoms with Gasteiger partial charge in [0.15, 0.2) is 0 Å². The van der Waals surface area contributed by atoms with Crippen molar-refractivity contribution < 1.29 is 9.50 Å². The molecule has 0 aliphatic rings. The van der Waals surface area contributed by atoms with E-state index in [1.54, 1.807) is 12.1 Å². The number of benzene rings is 1. The van der Waals surface area contributed by atoms with Gasteiger partial charge in [0.2, 0.25) is 0 Å². The summed E-state index contributed by atoms with van der Waals surface area (Å²) >= 11 is 1.93. The maximum absolute atomic E-state index is 13.0. The fourth-order valence-corrected chi connectivity index (χ4v) is 1.74. The highest BCUT2D eigenvalue weighted by Crippen LogP contribution is 2.24. The number of hydrogen-bond donors (Lipinski definition) is 2. The molecule has 3 N–H and O–H groups in total. The monoisotopic (exact) mass is 309 g/mol. The van der Waals surface area contributed by atoms with Crippen molar-refractivity contribution in [1.29, 1.82) is 0 Å². The molecule has 1 rings (SSSR count). The van der Waals surface area contributed by atoms with Crippen LogP contribution in [0.4, 0.5) is 4.39 Å². The molecule has 14 heavy (non-hydrogen) atoms. The first kappa shape index (κ1) is 11.9. The highest BCUT2D eigenvalue weighted by Gasteiger charge is 2.21. The number of aliphatic hydroxyl groups excluding tert-OH is 1. The lowest BCUT2D eigenvalue weighted by Crippen LogP contribution is -2.34. The Hall–Kier alpha value is -0.200. The van der Waals surface area contributed by atoms with E-state index in [1.807, 2.05) is 29.5 Å². The van der Waals surface area contributed by atoms with Crippen LogP contribution in [0, 0.1) is 9.39 Å². The van der Waals surface area contributed by atoms with Crippen LogP contribution >= 0.6 is 22.6 Å². The van der Waals surface area contributed by atoms with Crippen LogP contribution in [-0.2, 0) is 5.54 Å². The van der Waals surface area contributed by atoms with E-state index < -0.39 is 5.54 Å². The zero-order valence-corrected chi connectivity index (χ0v) is 10.1. The first-order chi connectivity index (χ1) is 6.47. The molecule has 1 aromatic rings. The lowest BCUT2D eigenvalue weighted by molar-refractivity contribution is 0.247. The van der Waals surface area contributed by atoms with Gasteiger partial charge in [0, 0.05) is 15.7 Å². The zero-order valence-electron chi connectivity index (χ0n) is 7.93. The predicted molar refractivity (Wildman–Crippen MR) is 62.4 cm³/mol. The minimum atomic E-state index is -0.595. The summed E-state index contributed by atoms with van der Waals surface area (Å²) in [6.45, 7) is 1.85. The molecular formula is C10H13FINO. The SMILES string of the molecule is C[C@@](N)(CCO)c1ccc(F)c(I)c1. The molecule has 1 atom stereocenters. The Morgan fingerprint density at radius 2 is 2.21 bits per heavy atom. The number of rotatable bonds is 3. The van der Waals surface area contributed by atoms with Crippen LogP contribution in [0.25, 0.3) is 0 Å². The van der Waals surface area contributed by atoms with E-state index in [0.717, 1.165) is 5.56 Å². The molecule has 0 unspecified atom stereocenters. The molecule has 2 nitrogen and oxygen atoms in total. The number of aliphatic hydroxyl groups is 1. The van der Waals surface area contributed by atoms with Gasteiger partial charge < -0.3 is 10.8 Å². The third-order valence-corrected chi connectivity index (χ3v) is 3.04. The van der Waals surface area contributed by atoms with E-state index in [9.17, 15) is 4.39 Å². The van der Waals surface area contributed by atoms with E-state index >= 15 is 0 Å². The zero-order chi connectivity index (χ0) is 10.8. The second-order valence-electron chi connectivity index (χ2n) is 3.52. The summed E-state index contributed by atoms with van der Waals surface area (Å²) in [5.41, 5.74) is 6.23. The van der Waals surface area contributed by atoms with Gasteiger partial charge >= 0.3 is 0 Å². The number of halogens is 2. The van der Waals surface area contributed by atoms with Gasteiger partial charge in [0.1, 0.15) is 5.82 Å². The van der Waals surface area contributed by atoms with E-state index in [1.165, 1.54) is 6.07 Å². The summed E-state index contributed by atoms with van der Waals surface area (Å²) in [6, 6.07) is 4.78. The summed E-state index contributed by atoms with van der Waals surface area (Å²) in [7, 11) is 0. The van der Waals surface area contributed by atoms with Crippen molar-refractivity contribution in [2.24, 2.45) is 5.73 Å². The van der Waals surface area contributed by atoms with Crippen LogP contribution in [0.5, 0.6) is 0 Å². The van der Waals surface area contributed by atoms with Crippen molar-refractivity contribution in [3.05, 3.63) is 33.1 Å². The summed E-state index contributed by atoms with van der Waals surface area (Å²) < 4.78 is 13.5. The average Bonchev–Trinajstić information content (AvgIpc) is 2.09. The average molecular weight is 309 g/mol. The number of hydrogen-bond acceptors (Lipinski definition) is 2. The predicted octanol–water partition coefficient (Wildman–Crippen LogP) is 1.99. The van der Waals surface area contributed by atoms with Gasteiger partial charge in [-0.3, -0.25) is 0 Å². The van der Waals surface area contributed by atoms with Crippen molar-refractivity contribution in [3.63, 3.8) is 0 Å². The summed E-state index contributed by atoms with van der Waals surface area (Å²) in [5.74, 6) is -0.242. The van der Waals surface area contributed by atoms with Crippen molar-refractivity contribution in [3.8, 4) is 0 Å². The number of nitrogens with two attached hydrogens (primary N) is 1. The third-order valence-electron chi connectivity index (χ3n) is 2.21. The largest absolute Gasteiger partial charge is 0.396 e. The van der Waals surface area contributed by atoms with Gasteiger partial charge in [-0.15, -0.1) is 0 Å². The second kappa shape index (κ2) is 4.55. The highest BCUT2D eigenvalue weighted by atomic mass is 127. The van der Waals surface area contributed by atoms with Crippen LogP contribution < -0.4 is 5.73 Å². The summed E-state index contributed by atoms with van der Waals surface area (Å²) in [5, 5.41) is 8.83. The molecule has 0 spiro atoms. The Bertz CT molecular complexity index is 328. The lowest BCUT2D eigenvalue weighted by Gasteiger charge is -2.24. The molecule has 0 saturated heterocycles. The topological polar surface area (TPSA) is 46.2 Å². The third kappa shape index (κ3) is 2.65. The second-order valence-corrected chi connectivity index (χ2v) is 4.68. The maximum atomic E-state index is 13.0. The Morgan fingerprint density at radius 3 is 2.71 bits per heavy atom. The van der Waals surface area contributed by atoms with Crippen molar-refractivity contribution in [1.82, 2.24) is 0 Å². The standard InChI is InChI=1S/C10H13FINO/c1-10(13,4-5-14)7-2-3-8(11)9(12)6-7/h2-3,6,14H,4-5,13H2,1H3/t10-/m1/s1. The van der Waals surface area contributed by atoms with Crippen molar-refractivity contribution >= 4 is 22.6 Å². The van der Waals surface area contributed by atoms with Crippen molar-refractivity contribution in [2.75, 3.05) is 6.61 Å². The smallest absolute Gasteiger partial charge is 0.136 e. The minimum Gasteiger partial charge on any atom is -0.396 e. The molecule has 0 aromatic heterocycles. The molecule has 0 heterocycles. The van der Waals surface area contributed by atoms with Crippen LogP contribution in [0.3, 0.4) is 0 Å². The maximum Gasteiger partial charge on any atom is 0.136 e. The Balaban J connectivity index is 3.01. The lowest BCUT2D eigenvalue weighted by atomic mass is 9.90. The normalized spacial score (nSPS) is 15.2. The summed E-state index contributed by atoms with van der Waals surface area (Å²) in [4.78, 5) is 0. The molecular weight excluding hydrogens is 296 g/mol. The van der Waals surface area contributed by atoms with Crippen LogP contribution in [0.2, 0.25) is 0 Å².